The fourth-order valence-electron chi connectivity index (χ4n) is 1.63. The van der Waals surface area contributed by atoms with Crippen molar-refractivity contribution in [3.63, 3.8) is 0 Å². The maximum absolute atomic E-state index is 2.45. The molecular weight excluding hydrogens is 178 g/mol. The molecule has 1 rings (SSSR count). The molecule has 0 saturated heterocycles. The summed E-state index contributed by atoms with van der Waals surface area (Å²) in [6, 6.07) is 0. The van der Waals surface area contributed by atoms with Crippen molar-refractivity contribution >= 4 is 10.9 Å². The first-order valence-electron chi connectivity index (χ1n) is 5.03. The Hall–Kier alpha value is -0.110. The van der Waals surface area contributed by atoms with Crippen molar-refractivity contribution in [1.82, 2.24) is 4.90 Å². The molecule has 2 heteroatoms. The molecule has 1 aliphatic heterocycles. The van der Waals surface area contributed by atoms with Gasteiger partial charge in [0.25, 0.3) is 0 Å². The van der Waals surface area contributed by atoms with Crippen molar-refractivity contribution in [2.75, 3.05) is 19.1 Å². The molecule has 1 nitrogen and oxygen atoms in total. The van der Waals surface area contributed by atoms with Crippen LogP contribution in [0, 0.1) is 0 Å². The quantitative estimate of drug-likeness (QED) is 0.638. The third-order valence-electron chi connectivity index (χ3n) is 2.68. The van der Waals surface area contributed by atoms with Crippen molar-refractivity contribution in [1.29, 1.82) is 0 Å². The summed E-state index contributed by atoms with van der Waals surface area (Å²) in [6.45, 7) is 8.06. The smallest absolute Gasteiger partial charge is 0.0312 e. The molecule has 78 valence electrons. The Labute approximate surface area is 85.5 Å². The molecule has 0 N–H and O–H groups in total. The molecule has 0 aliphatic carbocycles. The molecule has 0 aromatic heterocycles. The van der Waals surface area contributed by atoms with Crippen LogP contribution in [0.4, 0.5) is 0 Å². The third kappa shape index (κ3) is 2.94. The lowest BCUT2D eigenvalue weighted by Gasteiger charge is -2.39. The van der Waals surface area contributed by atoms with Crippen LogP contribution in [0.1, 0.15) is 27.2 Å². The molecule has 0 fully saturated rings. The minimum Gasteiger partial charge on any atom is -0.373 e. The van der Waals surface area contributed by atoms with Gasteiger partial charge in [0.1, 0.15) is 0 Å². The number of nitrogens with zero attached hydrogens (tertiary/aromatic N) is 1. The molecule has 0 amide bonds. The van der Waals surface area contributed by atoms with Crippen molar-refractivity contribution in [2.45, 2.75) is 38.0 Å². The van der Waals surface area contributed by atoms with E-state index < -0.39 is 0 Å². The van der Waals surface area contributed by atoms with Gasteiger partial charge in [0.05, 0.1) is 0 Å². The molecule has 1 atom stereocenters. The Morgan fingerprint density at radius 2 is 1.92 bits per heavy atom. The van der Waals surface area contributed by atoms with Crippen LogP contribution >= 0.6 is 10.9 Å². The van der Waals surface area contributed by atoms with Gasteiger partial charge in [0.15, 0.2) is 0 Å². The van der Waals surface area contributed by atoms with Crippen molar-refractivity contribution in [2.24, 2.45) is 0 Å². The van der Waals surface area contributed by atoms with Gasteiger partial charge in [-0.15, -0.1) is 0 Å². The van der Waals surface area contributed by atoms with Crippen LogP contribution in [0.15, 0.2) is 12.3 Å². The monoisotopic (exact) mass is 201 g/mol. The Balaban J connectivity index is 2.57. The van der Waals surface area contributed by atoms with E-state index in [1.165, 1.54) is 13.0 Å². The van der Waals surface area contributed by atoms with Crippen molar-refractivity contribution < 1.29 is 0 Å². The van der Waals surface area contributed by atoms with Crippen LogP contribution in [-0.4, -0.2) is 34.7 Å². The molecular formula is C11H23NS. The van der Waals surface area contributed by atoms with Gasteiger partial charge < -0.3 is 4.90 Å². The summed E-state index contributed by atoms with van der Waals surface area (Å²) in [5, 5.41) is 0.855. The van der Waals surface area contributed by atoms with E-state index in [-0.39, 0.29) is 10.9 Å². The predicted molar refractivity (Wildman–Crippen MR) is 64.8 cm³/mol. The van der Waals surface area contributed by atoms with Crippen LogP contribution in [-0.2, 0) is 0 Å². The standard InChI is InChI=1S/C11H23NS/c1-11(2,3)12-8-6-10(7-9-12)13(4)5/h6,8,10,13H,7,9H2,1-5H3. The molecule has 1 heterocycles. The minimum absolute atomic E-state index is 0.213. The van der Waals surface area contributed by atoms with Crippen LogP contribution in [0.3, 0.4) is 0 Å². The van der Waals surface area contributed by atoms with E-state index in [1.54, 1.807) is 0 Å². The largest absolute Gasteiger partial charge is 0.373 e. The molecule has 1 unspecified atom stereocenters. The Morgan fingerprint density at radius 3 is 2.23 bits per heavy atom. The highest BCUT2D eigenvalue weighted by atomic mass is 32.2. The summed E-state index contributed by atoms with van der Waals surface area (Å²) in [7, 11) is 0.213. The number of hydrogen-bond acceptors (Lipinski definition) is 1. The average Bonchev–Trinajstić information content (AvgIpc) is 2.03. The van der Waals surface area contributed by atoms with E-state index in [0.29, 0.717) is 5.54 Å². The summed E-state index contributed by atoms with van der Waals surface area (Å²) in [4.78, 5) is 2.45. The van der Waals surface area contributed by atoms with Gasteiger partial charge in [0, 0.05) is 17.3 Å². The van der Waals surface area contributed by atoms with Gasteiger partial charge in [-0.2, -0.15) is 0 Å². The Kier molecular flexibility index (Phi) is 3.33. The fourth-order valence-corrected chi connectivity index (χ4v) is 2.69. The summed E-state index contributed by atoms with van der Waals surface area (Å²) in [5.74, 6) is 0. The maximum Gasteiger partial charge on any atom is 0.0312 e. The maximum atomic E-state index is 2.45. The topological polar surface area (TPSA) is 3.24 Å². The van der Waals surface area contributed by atoms with Crippen LogP contribution in [0.5, 0.6) is 0 Å². The van der Waals surface area contributed by atoms with Crippen molar-refractivity contribution in [3.05, 3.63) is 12.3 Å². The highest BCUT2D eigenvalue weighted by Gasteiger charge is 2.22. The molecule has 0 radical (unpaired) electrons. The number of hydrogen-bond donors (Lipinski definition) is 1. The van der Waals surface area contributed by atoms with Gasteiger partial charge in [-0.3, -0.25) is 10.9 Å². The lowest BCUT2D eigenvalue weighted by molar-refractivity contribution is 0.197. The molecule has 13 heavy (non-hydrogen) atoms. The molecule has 0 spiro atoms. The minimum atomic E-state index is 0.213. The second kappa shape index (κ2) is 3.95. The first-order valence-corrected chi connectivity index (χ1v) is 7.33. The van der Waals surface area contributed by atoms with Gasteiger partial charge in [0.2, 0.25) is 0 Å². The molecule has 0 saturated carbocycles. The number of rotatable bonds is 1. The SMILES string of the molecule is C[SH](C)C1C=CN(C(C)(C)C)CC1. The number of thiol groups is 1. The lowest BCUT2D eigenvalue weighted by atomic mass is 10.0. The second-order valence-electron chi connectivity index (χ2n) is 5.03. The highest BCUT2D eigenvalue weighted by Crippen LogP contribution is 2.30. The zero-order valence-corrected chi connectivity index (χ0v) is 10.4. The molecule has 0 aromatic carbocycles. The van der Waals surface area contributed by atoms with Crippen LogP contribution in [0.2, 0.25) is 0 Å². The summed E-state index contributed by atoms with van der Waals surface area (Å²) in [6.07, 6.45) is 10.8. The lowest BCUT2D eigenvalue weighted by Crippen LogP contribution is -2.40. The summed E-state index contributed by atoms with van der Waals surface area (Å²) in [5.41, 5.74) is 0.297. The Bertz CT molecular complexity index is 191. The molecule has 1 aliphatic rings. The van der Waals surface area contributed by atoms with E-state index >= 15 is 0 Å². The fraction of sp³-hybridized carbons (Fsp3) is 0.818. The first-order chi connectivity index (χ1) is 5.91. The molecule has 0 bridgehead atoms. The predicted octanol–water partition coefficient (Wildman–Crippen LogP) is 2.63. The summed E-state index contributed by atoms with van der Waals surface area (Å²) < 4.78 is 0. The highest BCUT2D eigenvalue weighted by molar-refractivity contribution is 8.16. The van der Waals surface area contributed by atoms with Gasteiger partial charge in [-0.1, -0.05) is 6.08 Å². The zero-order chi connectivity index (χ0) is 10.1. The summed E-state index contributed by atoms with van der Waals surface area (Å²) >= 11 is 0. The van der Waals surface area contributed by atoms with E-state index in [2.05, 4.69) is 50.5 Å². The first kappa shape index (κ1) is 11.0. The third-order valence-corrected chi connectivity index (χ3v) is 4.44. The van der Waals surface area contributed by atoms with Gasteiger partial charge in [-0.05, 0) is 45.9 Å². The normalized spacial score (nSPS) is 24.8. The Morgan fingerprint density at radius 1 is 1.31 bits per heavy atom. The van der Waals surface area contributed by atoms with E-state index in [4.69, 9.17) is 0 Å². The van der Waals surface area contributed by atoms with Gasteiger partial charge in [-0.25, -0.2) is 0 Å². The van der Waals surface area contributed by atoms with E-state index in [0.717, 1.165) is 5.25 Å². The van der Waals surface area contributed by atoms with Crippen LogP contribution in [0.25, 0.3) is 0 Å². The second-order valence-corrected chi connectivity index (χ2v) is 7.62. The average molecular weight is 201 g/mol. The zero-order valence-electron chi connectivity index (χ0n) is 9.54. The van der Waals surface area contributed by atoms with E-state index in [9.17, 15) is 0 Å². The van der Waals surface area contributed by atoms with Gasteiger partial charge >= 0.3 is 0 Å². The van der Waals surface area contributed by atoms with Crippen LogP contribution < -0.4 is 0 Å². The van der Waals surface area contributed by atoms with E-state index in [1.807, 2.05) is 0 Å². The van der Waals surface area contributed by atoms with Crippen molar-refractivity contribution in [3.8, 4) is 0 Å². The molecule has 0 aromatic rings.